The van der Waals surface area contributed by atoms with E-state index in [9.17, 15) is 0 Å². The Hall–Kier alpha value is -2.13. The van der Waals surface area contributed by atoms with E-state index in [2.05, 4.69) is 60.9 Å². The molecule has 2 N–H and O–H groups in total. The molecule has 3 nitrogen and oxygen atoms in total. The molecule has 2 aromatic carbocycles. The first-order chi connectivity index (χ1) is 10.2. The lowest BCUT2D eigenvalue weighted by Gasteiger charge is -2.16. The standard InChI is InChI=1S/C18H21N3/c1-3-18-20-16-6-4-5-7-17(16)21(18)12-15(19)14-10-8-13(2)9-11-14/h4-11,15H,3,12,19H2,1-2H3. The van der Waals surface area contributed by atoms with Gasteiger partial charge in [0, 0.05) is 19.0 Å². The van der Waals surface area contributed by atoms with Crippen LogP contribution in [-0.4, -0.2) is 9.55 Å². The molecule has 3 heteroatoms. The van der Waals surface area contributed by atoms with Crippen molar-refractivity contribution in [3.8, 4) is 0 Å². The Balaban J connectivity index is 1.95. The molecule has 0 amide bonds. The smallest absolute Gasteiger partial charge is 0.109 e. The summed E-state index contributed by atoms with van der Waals surface area (Å²) >= 11 is 0. The number of para-hydroxylation sites is 2. The first kappa shape index (κ1) is 13.8. The number of nitrogens with zero attached hydrogens (tertiary/aromatic N) is 2. The normalized spacial score (nSPS) is 12.7. The minimum Gasteiger partial charge on any atom is -0.326 e. The zero-order valence-electron chi connectivity index (χ0n) is 12.6. The van der Waals surface area contributed by atoms with Gasteiger partial charge < -0.3 is 10.3 Å². The highest BCUT2D eigenvalue weighted by atomic mass is 15.1. The molecule has 0 radical (unpaired) electrons. The second-order valence-corrected chi connectivity index (χ2v) is 5.50. The van der Waals surface area contributed by atoms with Crippen molar-refractivity contribution in [3.63, 3.8) is 0 Å². The fourth-order valence-corrected chi connectivity index (χ4v) is 2.71. The maximum Gasteiger partial charge on any atom is 0.109 e. The van der Waals surface area contributed by atoms with Crippen molar-refractivity contribution in [2.75, 3.05) is 0 Å². The first-order valence-electron chi connectivity index (χ1n) is 7.45. The Labute approximate surface area is 125 Å². The molecule has 3 rings (SSSR count). The summed E-state index contributed by atoms with van der Waals surface area (Å²) < 4.78 is 2.25. The lowest BCUT2D eigenvalue weighted by atomic mass is 10.1. The summed E-state index contributed by atoms with van der Waals surface area (Å²) in [6.07, 6.45) is 0.912. The highest BCUT2D eigenvalue weighted by Crippen LogP contribution is 2.20. The molecule has 1 aromatic heterocycles. The van der Waals surface area contributed by atoms with Gasteiger partial charge in [-0.25, -0.2) is 4.98 Å². The van der Waals surface area contributed by atoms with E-state index >= 15 is 0 Å². The van der Waals surface area contributed by atoms with Gasteiger partial charge in [0.15, 0.2) is 0 Å². The molecule has 108 valence electrons. The van der Waals surface area contributed by atoms with Crippen LogP contribution in [0.4, 0.5) is 0 Å². The predicted molar refractivity (Wildman–Crippen MR) is 87.2 cm³/mol. The van der Waals surface area contributed by atoms with Crippen LogP contribution in [-0.2, 0) is 13.0 Å². The van der Waals surface area contributed by atoms with E-state index in [1.54, 1.807) is 0 Å². The highest BCUT2D eigenvalue weighted by Gasteiger charge is 2.13. The number of hydrogen-bond acceptors (Lipinski definition) is 2. The van der Waals surface area contributed by atoms with Gasteiger partial charge in [0.05, 0.1) is 11.0 Å². The molecule has 0 spiro atoms. The Bertz CT molecular complexity index is 741. The van der Waals surface area contributed by atoms with Crippen LogP contribution in [0.15, 0.2) is 48.5 Å². The molecule has 3 aromatic rings. The molecule has 0 aliphatic heterocycles. The average Bonchev–Trinajstić information content (AvgIpc) is 2.86. The van der Waals surface area contributed by atoms with Gasteiger partial charge in [0.25, 0.3) is 0 Å². The third-order valence-corrected chi connectivity index (χ3v) is 3.93. The van der Waals surface area contributed by atoms with Crippen molar-refractivity contribution >= 4 is 11.0 Å². The number of nitrogens with two attached hydrogens (primary N) is 1. The lowest BCUT2D eigenvalue weighted by Crippen LogP contribution is -2.19. The Kier molecular flexibility index (Phi) is 3.76. The van der Waals surface area contributed by atoms with Crippen molar-refractivity contribution < 1.29 is 0 Å². The largest absolute Gasteiger partial charge is 0.326 e. The topological polar surface area (TPSA) is 43.8 Å². The van der Waals surface area contributed by atoms with Crippen LogP contribution in [0, 0.1) is 6.92 Å². The SMILES string of the molecule is CCc1nc2ccccc2n1CC(N)c1ccc(C)cc1. The van der Waals surface area contributed by atoms with E-state index in [-0.39, 0.29) is 6.04 Å². The van der Waals surface area contributed by atoms with Crippen molar-refractivity contribution in [3.05, 3.63) is 65.5 Å². The molecule has 0 bridgehead atoms. The first-order valence-corrected chi connectivity index (χ1v) is 7.45. The van der Waals surface area contributed by atoms with Crippen LogP contribution >= 0.6 is 0 Å². The summed E-state index contributed by atoms with van der Waals surface area (Å²) in [5, 5.41) is 0. The zero-order chi connectivity index (χ0) is 14.8. The number of hydrogen-bond donors (Lipinski definition) is 1. The van der Waals surface area contributed by atoms with Gasteiger partial charge in [-0.3, -0.25) is 0 Å². The van der Waals surface area contributed by atoms with Crippen LogP contribution in [0.5, 0.6) is 0 Å². The lowest BCUT2D eigenvalue weighted by molar-refractivity contribution is 0.569. The number of imidazole rings is 1. The monoisotopic (exact) mass is 279 g/mol. The third kappa shape index (κ3) is 2.69. The third-order valence-electron chi connectivity index (χ3n) is 3.93. The van der Waals surface area contributed by atoms with Gasteiger partial charge in [-0.15, -0.1) is 0 Å². The van der Waals surface area contributed by atoms with E-state index < -0.39 is 0 Å². The number of fused-ring (bicyclic) bond motifs is 1. The zero-order valence-corrected chi connectivity index (χ0v) is 12.6. The van der Waals surface area contributed by atoms with Crippen LogP contribution < -0.4 is 5.73 Å². The van der Waals surface area contributed by atoms with Gasteiger partial charge in [-0.1, -0.05) is 48.9 Å². The average molecular weight is 279 g/mol. The maximum atomic E-state index is 6.40. The number of aryl methyl sites for hydroxylation is 2. The molecule has 1 heterocycles. The summed E-state index contributed by atoms with van der Waals surface area (Å²) in [5.41, 5.74) is 11.0. The molecule has 21 heavy (non-hydrogen) atoms. The molecule has 0 aliphatic rings. The van der Waals surface area contributed by atoms with Crippen molar-refractivity contribution in [2.24, 2.45) is 5.73 Å². The van der Waals surface area contributed by atoms with E-state index in [0.29, 0.717) is 0 Å². The van der Waals surface area contributed by atoms with Crippen LogP contribution in [0.25, 0.3) is 11.0 Å². The maximum absolute atomic E-state index is 6.40. The summed E-state index contributed by atoms with van der Waals surface area (Å²) in [6, 6.07) is 16.7. The Morgan fingerprint density at radius 2 is 1.81 bits per heavy atom. The Morgan fingerprint density at radius 3 is 2.52 bits per heavy atom. The molecule has 0 saturated carbocycles. The van der Waals surface area contributed by atoms with E-state index in [1.807, 2.05) is 6.07 Å². The summed E-state index contributed by atoms with van der Waals surface area (Å²) in [6.45, 7) is 4.98. The van der Waals surface area contributed by atoms with Crippen molar-refractivity contribution in [1.29, 1.82) is 0 Å². The minimum atomic E-state index is -0.0199. The van der Waals surface area contributed by atoms with Gasteiger partial charge in [-0.05, 0) is 24.6 Å². The molecular weight excluding hydrogens is 258 g/mol. The van der Waals surface area contributed by atoms with Crippen LogP contribution in [0.3, 0.4) is 0 Å². The molecule has 0 fully saturated rings. The fourth-order valence-electron chi connectivity index (χ4n) is 2.71. The van der Waals surface area contributed by atoms with Gasteiger partial charge >= 0.3 is 0 Å². The van der Waals surface area contributed by atoms with E-state index in [1.165, 1.54) is 11.1 Å². The summed E-state index contributed by atoms with van der Waals surface area (Å²) in [7, 11) is 0. The van der Waals surface area contributed by atoms with Crippen LogP contribution in [0.1, 0.15) is 29.9 Å². The second kappa shape index (κ2) is 5.70. The van der Waals surface area contributed by atoms with E-state index in [4.69, 9.17) is 10.7 Å². The fraction of sp³-hybridized carbons (Fsp3) is 0.278. The molecule has 1 atom stereocenters. The molecular formula is C18H21N3. The summed E-state index contributed by atoms with van der Waals surface area (Å²) in [4.78, 5) is 4.70. The number of aromatic nitrogens is 2. The van der Waals surface area contributed by atoms with Crippen LogP contribution in [0.2, 0.25) is 0 Å². The van der Waals surface area contributed by atoms with Gasteiger partial charge in [0.1, 0.15) is 5.82 Å². The van der Waals surface area contributed by atoms with Gasteiger partial charge in [0.2, 0.25) is 0 Å². The minimum absolute atomic E-state index is 0.0199. The Morgan fingerprint density at radius 1 is 1.10 bits per heavy atom. The van der Waals surface area contributed by atoms with Gasteiger partial charge in [-0.2, -0.15) is 0 Å². The summed E-state index contributed by atoms with van der Waals surface area (Å²) in [5.74, 6) is 1.10. The molecule has 0 saturated heterocycles. The number of benzene rings is 2. The molecule has 0 aliphatic carbocycles. The highest BCUT2D eigenvalue weighted by molar-refractivity contribution is 5.75. The van der Waals surface area contributed by atoms with E-state index in [0.717, 1.165) is 29.8 Å². The number of rotatable bonds is 4. The van der Waals surface area contributed by atoms with Crippen molar-refractivity contribution in [1.82, 2.24) is 9.55 Å². The second-order valence-electron chi connectivity index (χ2n) is 5.50. The predicted octanol–water partition coefficient (Wildman–Crippen LogP) is 3.61. The quantitative estimate of drug-likeness (QED) is 0.793. The van der Waals surface area contributed by atoms with Crippen molar-refractivity contribution in [2.45, 2.75) is 32.9 Å². The molecule has 1 unspecified atom stereocenters.